The summed E-state index contributed by atoms with van der Waals surface area (Å²) >= 11 is 0.952. The first-order chi connectivity index (χ1) is 12.7. The molecule has 0 aliphatic heterocycles. The molecule has 12 heteroatoms. The van der Waals surface area contributed by atoms with Gasteiger partial charge in [-0.25, -0.2) is 18.1 Å². The van der Waals surface area contributed by atoms with Crippen LogP contribution >= 0.6 is 11.3 Å². The van der Waals surface area contributed by atoms with E-state index in [0.717, 1.165) is 36.0 Å². The summed E-state index contributed by atoms with van der Waals surface area (Å²) in [4.78, 5) is 7.51. The smallest absolute Gasteiger partial charge is 0.356 e. The highest BCUT2D eigenvalue weighted by Crippen LogP contribution is 2.30. The molecule has 0 saturated heterocycles. The first-order valence-electron chi connectivity index (χ1n) is 8.63. The molecule has 2 rings (SSSR count). The molecule has 0 radical (unpaired) electrons. The molecule has 154 valence electrons. The number of rotatable bonds is 9. The van der Waals surface area contributed by atoms with Crippen molar-refractivity contribution in [2.75, 3.05) is 32.4 Å². The molecule has 1 aliphatic rings. The molecule has 7 nitrogen and oxygen atoms in total. The van der Waals surface area contributed by atoms with Crippen LogP contribution in [0.1, 0.15) is 30.0 Å². The van der Waals surface area contributed by atoms with Crippen LogP contribution in [0.5, 0.6) is 0 Å². The van der Waals surface area contributed by atoms with Gasteiger partial charge < -0.3 is 10.6 Å². The first-order valence-corrected chi connectivity index (χ1v) is 11.2. The molecule has 3 N–H and O–H groups in total. The maximum Gasteiger partial charge on any atom is 0.434 e. The van der Waals surface area contributed by atoms with Crippen LogP contribution in [-0.2, 0) is 22.6 Å². The summed E-state index contributed by atoms with van der Waals surface area (Å²) in [7, 11) is -1.81. The predicted molar refractivity (Wildman–Crippen MR) is 99.3 cm³/mol. The Morgan fingerprint density at radius 2 is 2.04 bits per heavy atom. The molecule has 1 fully saturated rings. The molecule has 1 heterocycles. The monoisotopic (exact) mass is 427 g/mol. The Kier molecular flexibility index (Phi) is 7.86. The maximum atomic E-state index is 12.5. The standard InChI is InChI=1S/C15H24F3N5O2S2/c1-19-14(20-6-5-13-23-12(10-26-13)15(16,17)18)21-7-8-27(24,25)22-9-11-3-2-4-11/h10-11,22H,2-9H2,1H3,(H2,19,20,21). The van der Waals surface area contributed by atoms with E-state index in [1.807, 2.05) is 0 Å². The molecule has 0 unspecified atom stereocenters. The normalized spacial score (nSPS) is 16.2. The van der Waals surface area contributed by atoms with Gasteiger partial charge in [-0.1, -0.05) is 6.42 Å². The molecular formula is C15H24F3N5O2S2. The third-order valence-corrected chi connectivity index (χ3v) is 6.43. The summed E-state index contributed by atoms with van der Waals surface area (Å²) in [5.41, 5.74) is -0.885. The summed E-state index contributed by atoms with van der Waals surface area (Å²) in [6, 6.07) is 0. The lowest BCUT2D eigenvalue weighted by molar-refractivity contribution is -0.140. The van der Waals surface area contributed by atoms with Gasteiger partial charge in [0.25, 0.3) is 0 Å². The van der Waals surface area contributed by atoms with Gasteiger partial charge in [0.2, 0.25) is 10.0 Å². The van der Waals surface area contributed by atoms with Gasteiger partial charge >= 0.3 is 6.18 Å². The van der Waals surface area contributed by atoms with E-state index in [1.54, 1.807) is 0 Å². The molecule has 0 aromatic carbocycles. The highest BCUT2D eigenvalue weighted by atomic mass is 32.2. The third-order valence-electron chi connectivity index (χ3n) is 4.18. The fourth-order valence-electron chi connectivity index (χ4n) is 2.38. The van der Waals surface area contributed by atoms with Gasteiger partial charge in [0.05, 0.1) is 10.8 Å². The van der Waals surface area contributed by atoms with Crippen molar-refractivity contribution in [1.29, 1.82) is 0 Å². The Bertz CT molecular complexity index is 730. The number of nitrogens with one attached hydrogen (secondary N) is 3. The van der Waals surface area contributed by atoms with E-state index in [9.17, 15) is 21.6 Å². The first kappa shape index (κ1) is 21.9. The highest BCUT2D eigenvalue weighted by Gasteiger charge is 2.33. The van der Waals surface area contributed by atoms with Crippen LogP contribution in [0.4, 0.5) is 13.2 Å². The Morgan fingerprint density at radius 3 is 2.59 bits per heavy atom. The van der Waals surface area contributed by atoms with Crippen molar-refractivity contribution >= 4 is 27.3 Å². The van der Waals surface area contributed by atoms with E-state index in [1.165, 1.54) is 7.05 Å². The van der Waals surface area contributed by atoms with E-state index in [2.05, 4.69) is 25.3 Å². The molecule has 27 heavy (non-hydrogen) atoms. The molecule has 1 aliphatic carbocycles. The van der Waals surface area contributed by atoms with Crippen LogP contribution < -0.4 is 15.4 Å². The largest absolute Gasteiger partial charge is 0.434 e. The number of halogens is 3. The number of aliphatic imine (C=N–C) groups is 1. The minimum atomic E-state index is -4.43. The number of aromatic nitrogens is 1. The lowest BCUT2D eigenvalue weighted by Crippen LogP contribution is -2.42. The van der Waals surface area contributed by atoms with Gasteiger partial charge in [0.1, 0.15) is 0 Å². The van der Waals surface area contributed by atoms with Gasteiger partial charge in [-0.05, 0) is 18.8 Å². The fraction of sp³-hybridized carbons (Fsp3) is 0.733. The van der Waals surface area contributed by atoms with E-state index < -0.39 is 21.9 Å². The maximum absolute atomic E-state index is 12.5. The van der Waals surface area contributed by atoms with E-state index in [4.69, 9.17) is 0 Å². The van der Waals surface area contributed by atoms with Crippen molar-refractivity contribution in [2.45, 2.75) is 31.9 Å². The van der Waals surface area contributed by atoms with Crippen LogP contribution in [0.2, 0.25) is 0 Å². The van der Waals surface area contributed by atoms with E-state index in [0.29, 0.717) is 36.4 Å². The quantitative estimate of drug-likeness (QED) is 0.411. The molecule has 1 aromatic heterocycles. The SMILES string of the molecule is CN=C(NCCc1nc(C(F)(F)F)cs1)NCCS(=O)(=O)NCC1CCC1. The minimum absolute atomic E-state index is 0.0815. The third kappa shape index (κ3) is 7.62. The van der Waals surface area contributed by atoms with E-state index >= 15 is 0 Å². The average molecular weight is 428 g/mol. The Hall–Kier alpha value is -1.40. The van der Waals surface area contributed by atoms with Crippen molar-refractivity contribution in [1.82, 2.24) is 20.3 Å². The Labute approximate surface area is 160 Å². The summed E-state index contributed by atoms with van der Waals surface area (Å²) < 4.78 is 64.0. The van der Waals surface area contributed by atoms with Crippen LogP contribution in [-0.4, -0.2) is 51.8 Å². The van der Waals surface area contributed by atoms with Crippen LogP contribution in [0.3, 0.4) is 0 Å². The van der Waals surface area contributed by atoms with Gasteiger partial charge in [-0.2, -0.15) is 13.2 Å². The van der Waals surface area contributed by atoms with Crippen molar-refractivity contribution in [3.8, 4) is 0 Å². The van der Waals surface area contributed by atoms with E-state index in [-0.39, 0.29) is 12.3 Å². The second-order valence-electron chi connectivity index (χ2n) is 6.26. The van der Waals surface area contributed by atoms with Gasteiger partial charge in [0, 0.05) is 38.5 Å². The van der Waals surface area contributed by atoms with Crippen molar-refractivity contribution < 1.29 is 21.6 Å². The molecule has 1 saturated carbocycles. The second-order valence-corrected chi connectivity index (χ2v) is 9.13. The zero-order valence-corrected chi connectivity index (χ0v) is 16.6. The number of alkyl halides is 3. The van der Waals surface area contributed by atoms with Crippen LogP contribution in [0, 0.1) is 5.92 Å². The molecule has 0 bridgehead atoms. The van der Waals surface area contributed by atoms with Crippen LogP contribution in [0.15, 0.2) is 10.4 Å². The highest BCUT2D eigenvalue weighted by molar-refractivity contribution is 7.89. The van der Waals surface area contributed by atoms with Crippen molar-refractivity contribution in [3.05, 3.63) is 16.1 Å². The lowest BCUT2D eigenvalue weighted by atomic mass is 9.86. The molecular weight excluding hydrogens is 403 g/mol. The van der Waals surface area contributed by atoms with Crippen molar-refractivity contribution in [2.24, 2.45) is 10.9 Å². The summed E-state index contributed by atoms with van der Waals surface area (Å²) in [6.45, 7) is 0.995. The number of nitrogens with zero attached hydrogens (tertiary/aromatic N) is 2. The Morgan fingerprint density at radius 1 is 1.33 bits per heavy atom. The molecule has 0 amide bonds. The topological polar surface area (TPSA) is 95.5 Å². The fourth-order valence-corrected chi connectivity index (χ4v) is 4.19. The minimum Gasteiger partial charge on any atom is -0.356 e. The molecule has 0 atom stereocenters. The zero-order chi connectivity index (χ0) is 19.9. The lowest BCUT2D eigenvalue weighted by Gasteiger charge is -2.25. The molecule has 1 aromatic rings. The number of hydrogen-bond donors (Lipinski definition) is 3. The average Bonchev–Trinajstić information content (AvgIpc) is 3.01. The number of hydrogen-bond acceptors (Lipinski definition) is 5. The Balaban J connectivity index is 1.65. The zero-order valence-electron chi connectivity index (χ0n) is 15.0. The predicted octanol–water partition coefficient (Wildman–Crippen LogP) is 1.59. The molecule has 0 spiro atoms. The number of sulfonamides is 1. The summed E-state index contributed by atoms with van der Waals surface area (Å²) in [6.07, 6.45) is -0.823. The second kappa shape index (κ2) is 9.69. The van der Waals surface area contributed by atoms with Gasteiger partial charge in [-0.3, -0.25) is 4.99 Å². The van der Waals surface area contributed by atoms with Crippen LogP contribution in [0.25, 0.3) is 0 Å². The number of guanidine groups is 1. The number of thiazole rings is 1. The van der Waals surface area contributed by atoms with Crippen molar-refractivity contribution in [3.63, 3.8) is 0 Å². The summed E-state index contributed by atoms with van der Waals surface area (Å²) in [5, 5.41) is 7.17. The van der Waals surface area contributed by atoms with Gasteiger partial charge in [-0.15, -0.1) is 11.3 Å². The van der Waals surface area contributed by atoms with Gasteiger partial charge in [0.15, 0.2) is 11.7 Å². The summed E-state index contributed by atoms with van der Waals surface area (Å²) in [5.74, 6) is 0.754.